The molecule has 0 saturated carbocycles. The highest BCUT2D eigenvalue weighted by molar-refractivity contribution is 7.14. The van der Waals surface area contributed by atoms with Crippen LogP contribution in [0.4, 0.5) is 5.13 Å². The van der Waals surface area contributed by atoms with Gasteiger partial charge in [0, 0.05) is 27.5 Å². The Balaban J connectivity index is 1.46. The number of anilines is 1. The average Bonchev–Trinajstić information content (AvgIpc) is 3.31. The quantitative estimate of drug-likeness (QED) is 0.471. The van der Waals surface area contributed by atoms with Crippen LogP contribution in [-0.2, 0) is 4.79 Å². The Kier molecular flexibility index (Phi) is 5.22. The number of aromatic nitrogens is 2. The van der Waals surface area contributed by atoms with Crippen LogP contribution in [-0.4, -0.2) is 29.1 Å². The fourth-order valence-electron chi connectivity index (χ4n) is 3.17. The number of carbonyl (C=O) groups is 1. The number of aryl methyl sites for hydroxylation is 1. The van der Waals surface area contributed by atoms with Crippen LogP contribution in [0.3, 0.4) is 0 Å². The van der Waals surface area contributed by atoms with Crippen LogP contribution in [0.5, 0.6) is 11.5 Å². The Morgan fingerprint density at radius 1 is 1.14 bits per heavy atom. The Hall–Kier alpha value is -3.32. The number of nitrogens with one attached hydrogen (secondary N) is 2. The molecule has 0 aliphatic carbocycles. The molecule has 148 valence electrons. The van der Waals surface area contributed by atoms with Crippen molar-refractivity contribution in [2.24, 2.45) is 0 Å². The van der Waals surface area contributed by atoms with Gasteiger partial charge < -0.3 is 14.5 Å². The zero-order valence-corrected chi connectivity index (χ0v) is 17.2. The molecule has 0 radical (unpaired) electrons. The van der Waals surface area contributed by atoms with Crippen LogP contribution < -0.4 is 14.8 Å². The van der Waals surface area contributed by atoms with Crippen molar-refractivity contribution in [2.75, 3.05) is 12.4 Å². The number of methoxy groups -OCH3 is 1. The van der Waals surface area contributed by atoms with Gasteiger partial charge >= 0.3 is 0 Å². The van der Waals surface area contributed by atoms with Crippen LogP contribution >= 0.6 is 11.3 Å². The number of benzene rings is 2. The summed E-state index contributed by atoms with van der Waals surface area (Å²) in [5, 5.41) is 6.45. The molecule has 6 nitrogen and oxygen atoms in total. The number of nitrogens with zero attached hydrogens (tertiary/aromatic N) is 1. The number of carbonyl (C=O) groups excluding carboxylic acids is 1. The van der Waals surface area contributed by atoms with Crippen molar-refractivity contribution in [3.8, 4) is 22.8 Å². The summed E-state index contributed by atoms with van der Waals surface area (Å²) >= 11 is 1.39. The number of H-pyrrole nitrogens is 1. The van der Waals surface area contributed by atoms with Gasteiger partial charge in [0.1, 0.15) is 11.5 Å². The highest BCUT2D eigenvalue weighted by Gasteiger charge is 2.18. The largest absolute Gasteiger partial charge is 0.497 e. The zero-order chi connectivity index (χ0) is 20.4. The molecule has 2 aromatic carbocycles. The molecule has 1 atom stereocenters. The normalized spacial score (nSPS) is 12.0. The van der Waals surface area contributed by atoms with Gasteiger partial charge in [-0.2, -0.15) is 0 Å². The molecule has 2 N–H and O–H groups in total. The van der Waals surface area contributed by atoms with Crippen molar-refractivity contribution < 1.29 is 14.3 Å². The highest BCUT2D eigenvalue weighted by atomic mass is 32.1. The number of thiazole rings is 1. The second-order valence-electron chi connectivity index (χ2n) is 6.63. The van der Waals surface area contributed by atoms with Gasteiger partial charge in [0.25, 0.3) is 5.91 Å². The molecular formula is C22H21N3O3S. The zero-order valence-electron chi connectivity index (χ0n) is 16.4. The molecule has 0 spiro atoms. The van der Waals surface area contributed by atoms with Crippen LogP contribution in [0, 0.1) is 6.92 Å². The summed E-state index contributed by atoms with van der Waals surface area (Å²) in [6, 6.07) is 15.2. The number of ether oxygens (including phenoxy) is 2. The second kappa shape index (κ2) is 7.97. The van der Waals surface area contributed by atoms with Gasteiger partial charge in [-0.15, -0.1) is 11.3 Å². The summed E-state index contributed by atoms with van der Waals surface area (Å²) in [5.74, 6) is 1.08. The predicted molar refractivity (Wildman–Crippen MR) is 116 cm³/mol. The number of hydrogen-bond acceptors (Lipinski definition) is 5. The van der Waals surface area contributed by atoms with E-state index >= 15 is 0 Å². The Morgan fingerprint density at radius 2 is 1.86 bits per heavy atom. The minimum Gasteiger partial charge on any atom is -0.497 e. The maximum Gasteiger partial charge on any atom is 0.266 e. The number of hydrogen-bond donors (Lipinski definition) is 2. The molecule has 0 aliphatic heterocycles. The van der Waals surface area contributed by atoms with Crippen LogP contribution in [0.1, 0.15) is 12.6 Å². The Bertz CT molecular complexity index is 1150. The molecular weight excluding hydrogens is 386 g/mol. The Morgan fingerprint density at radius 3 is 2.62 bits per heavy atom. The number of aromatic amines is 1. The van der Waals surface area contributed by atoms with E-state index in [1.807, 2.05) is 30.5 Å². The van der Waals surface area contributed by atoms with Gasteiger partial charge in [0.15, 0.2) is 11.2 Å². The summed E-state index contributed by atoms with van der Waals surface area (Å²) < 4.78 is 10.8. The maximum atomic E-state index is 12.5. The lowest BCUT2D eigenvalue weighted by Crippen LogP contribution is -2.30. The minimum atomic E-state index is -0.662. The molecule has 0 fully saturated rings. The van der Waals surface area contributed by atoms with E-state index in [2.05, 4.69) is 21.4 Å². The number of fused-ring (bicyclic) bond motifs is 1. The van der Waals surface area contributed by atoms with Crippen molar-refractivity contribution in [1.82, 2.24) is 9.97 Å². The smallest absolute Gasteiger partial charge is 0.266 e. The lowest BCUT2D eigenvalue weighted by Gasteiger charge is -2.14. The molecule has 4 aromatic rings. The lowest BCUT2D eigenvalue weighted by atomic mass is 10.1. The van der Waals surface area contributed by atoms with E-state index in [4.69, 9.17) is 9.47 Å². The van der Waals surface area contributed by atoms with Gasteiger partial charge in [-0.25, -0.2) is 4.98 Å². The summed E-state index contributed by atoms with van der Waals surface area (Å²) in [6.07, 6.45) is -0.662. The first-order valence-electron chi connectivity index (χ1n) is 9.20. The Labute approximate surface area is 172 Å². The second-order valence-corrected chi connectivity index (χ2v) is 7.49. The molecule has 0 bridgehead atoms. The van der Waals surface area contributed by atoms with Gasteiger partial charge in [-0.3, -0.25) is 10.1 Å². The van der Waals surface area contributed by atoms with Crippen LogP contribution in [0.2, 0.25) is 0 Å². The first kappa shape index (κ1) is 19.0. The van der Waals surface area contributed by atoms with Crippen molar-refractivity contribution in [3.05, 3.63) is 59.6 Å². The molecule has 1 unspecified atom stereocenters. The van der Waals surface area contributed by atoms with Gasteiger partial charge in [0.2, 0.25) is 0 Å². The molecule has 29 heavy (non-hydrogen) atoms. The van der Waals surface area contributed by atoms with E-state index in [0.717, 1.165) is 33.6 Å². The molecule has 4 rings (SSSR count). The average molecular weight is 407 g/mol. The number of rotatable bonds is 6. The third kappa shape index (κ3) is 3.95. The first-order chi connectivity index (χ1) is 14.0. The van der Waals surface area contributed by atoms with Gasteiger partial charge in [0.05, 0.1) is 12.8 Å². The molecule has 7 heteroatoms. The predicted octanol–water partition coefficient (Wildman–Crippen LogP) is 5.01. The summed E-state index contributed by atoms with van der Waals surface area (Å²) in [4.78, 5) is 20.5. The topological polar surface area (TPSA) is 76.2 Å². The fourth-order valence-corrected chi connectivity index (χ4v) is 3.88. The van der Waals surface area contributed by atoms with E-state index < -0.39 is 6.10 Å². The van der Waals surface area contributed by atoms with Gasteiger partial charge in [-0.1, -0.05) is 18.2 Å². The lowest BCUT2D eigenvalue weighted by molar-refractivity contribution is -0.122. The summed E-state index contributed by atoms with van der Waals surface area (Å²) in [5.41, 5.74) is 4.01. The van der Waals surface area contributed by atoms with Gasteiger partial charge in [-0.05, 0) is 44.2 Å². The third-order valence-corrected chi connectivity index (χ3v) is 5.38. The van der Waals surface area contributed by atoms with E-state index in [1.54, 1.807) is 38.3 Å². The fraction of sp³-hybridized carbons (Fsp3) is 0.182. The van der Waals surface area contributed by atoms with E-state index in [-0.39, 0.29) is 5.91 Å². The summed E-state index contributed by atoms with van der Waals surface area (Å²) in [6.45, 7) is 3.73. The van der Waals surface area contributed by atoms with E-state index in [0.29, 0.717) is 10.9 Å². The number of amides is 1. The van der Waals surface area contributed by atoms with Crippen molar-refractivity contribution in [2.45, 2.75) is 20.0 Å². The molecule has 0 saturated heterocycles. The first-order valence-corrected chi connectivity index (χ1v) is 10.1. The highest BCUT2D eigenvalue weighted by Crippen LogP contribution is 2.33. The van der Waals surface area contributed by atoms with Crippen molar-refractivity contribution in [3.63, 3.8) is 0 Å². The number of para-hydroxylation sites is 1. The molecule has 0 aliphatic rings. The third-order valence-electron chi connectivity index (χ3n) is 4.63. The summed E-state index contributed by atoms with van der Waals surface area (Å²) in [7, 11) is 1.60. The van der Waals surface area contributed by atoms with E-state index in [1.165, 1.54) is 11.3 Å². The van der Waals surface area contributed by atoms with Crippen LogP contribution in [0.15, 0.2) is 53.9 Å². The standard InChI is InChI=1S/C22H21N3O3S/c1-13-20(17-6-4-5-7-18(17)23-13)19-12-29-22(24-19)25-21(26)14(2)28-16-10-8-15(27-3)9-11-16/h4-12,14,23H,1-3H3,(H,24,25,26). The maximum absolute atomic E-state index is 12.5. The SMILES string of the molecule is COc1ccc(OC(C)C(=O)Nc2nc(-c3c(C)[nH]c4ccccc34)cs2)cc1. The van der Waals surface area contributed by atoms with Crippen molar-refractivity contribution in [1.29, 1.82) is 0 Å². The van der Waals surface area contributed by atoms with E-state index in [9.17, 15) is 4.79 Å². The monoisotopic (exact) mass is 407 g/mol. The molecule has 2 aromatic heterocycles. The minimum absolute atomic E-state index is 0.252. The molecule has 1 amide bonds. The van der Waals surface area contributed by atoms with Crippen LogP contribution in [0.25, 0.3) is 22.2 Å². The van der Waals surface area contributed by atoms with Crippen molar-refractivity contribution >= 4 is 33.3 Å². The molecule has 2 heterocycles.